The van der Waals surface area contributed by atoms with Gasteiger partial charge < -0.3 is 10.1 Å². The summed E-state index contributed by atoms with van der Waals surface area (Å²) in [6.07, 6.45) is 0. The van der Waals surface area contributed by atoms with Crippen LogP contribution in [0.2, 0.25) is 0 Å². The van der Waals surface area contributed by atoms with E-state index in [4.69, 9.17) is 34.8 Å². The number of halogens is 3. The number of carbonyl (C=O) groups excluding carboxylic acids is 2. The standard InChI is InChI=1S/C20H20BCl3N2O2/c1-14(27)17(19(28)26(2)3)18(20(22,23)24)25-21(15-10-6-4-7-11-15)16-12-8-5-9-13-16/h4-13,25H,1-3H3/b18-17+. The van der Waals surface area contributed by atoms with Crippen LogP contribution in [0.25, 0.3) is 0 Å². The zero-order chi connectivity index (χ0) is 20.9. The molecule has 28 heavy (non-hydrogen) atoms. The first kappa shape index (κ1) is 22.3. The predicted molar refractivity (Wildman–Crippen MR) is 118 cm³/mol. The zero-order valence-corrected chi connectivity index (χ0v) is 18.0. The second-order valence-corrected chi connectivity index (χ2v) is 8.68. The first-order valence-corrected chi connectivity index (χ1v) is 9.66. The molecule has 0 bridgehead atoms. The van der Waals surface area contributed by atoms with Gasteiger partial charge in [0.25, 0.3) is 5.91 Å². The fraction of sp³-hybridized carbons (Fsp3) is 0.200. The summed E-state index contributed by atoms with van der Waals surface area (Å²) in [6.45, 7) is 0.840. The van der Waals surface area contributed by atoms with Crippen LogP contribution in [0.3, 0.4) is 0 Å². The van der Waals surface area contributed by atoms with E-state index < -0.39 is 22.3 Å². The second-order valence-electron chi connectivity index (χ2n) is 6.40. The van der Waals surface area contributed by atoms with Gasteiger partial charge >= 0.3 is 6.85 Å². The molecule has 0 atom stereocenters. The average Bonchev–Trinajstić information content (AvgIpc) is 2.64. The highest BCUT2D eigenvalue weighted by Crippen LogP contribution is 2.35. The molecule has 8 heteroatoms. The second kappa shape index (κ2) is 9.50. The first-order chi connectivity index (χ1) is 13.1. The molecule has 0 saturated carbocycles. The highest BCUT2D eigenvalue weighted by Gasteiger charge is 2.37. The highest BCUT2D eigenvalue weighted by molar-refractivity contribution is 6.84. The number of Topliss-reactive ketones (excluding diaryl/α,β-unsaturated/α-hetero) is 1. The maximum absolute atomic E-state index is 12.7. The number of nitrogens with one attached hydrogen (secondary N) is 1. The molecule has 2 aromatic rings. The number of allylic oxidation sites excluding steroid dienone is 1. The Hall–Kier alpha value is -1.95. The summed E-state index contributed by atoms with van der Waals surface area (Å²) in [7, 11) is 3.07. The molecule has 0 radical (unpaired) electrons. The molecule has 1 N–H and O–H groups in total. The Morgan fingerprint density at radius 1 is 0.893 bits per heavy atom. The normalized spacial score (nSPS) is 12.1. The molecule has 0 saturated heterocycles. The van der Waals surface area contributed by atoms with E-state index in [0.717, 1.165) is 10.9 Å². The molecular formula is C20H20BCl3N2O2. The van der Waals surface area contributed by atoms with E-state index in [9.17, 15) is 9.59 Å². The van der Waals surface area contributed by atoms with Crippen molar-refractivity contribution >= 4 is 64.3 Å². The van der Waals surface area contributed by atoms with E-state index in [1.54, 1.807) is 0 Å². The lowest BCUT2D eigenvalue weighted by atomic mass is 9.50. The molecule has 4 nitrogen and oxygen atoms in total. The highest BCUT2D eigenvalue weighted by atomic mass is 35.6. The van der Waals surface area contributed by atoms with E-state index in [0.29, 0.717) is 0 Å². The molecule has 0 aliphatic rings. The van der Waals surface area contributed by atoms with Crippen molar-refractivity contribution in [2.75, 3.05) is 14.1 Å². The monoisotopic (exact) mass is 436 g/mol. The number of hydrogen-bond acceptors (Lipinski definition) is 3. The average molecular weight is 438 g/mol. The minimum absolute atomic E-state index is 0.0543. The summed E-state index contributed by atoms with van der Waals surface area (Å²) in [5.41, 5.74) is 1.53. The van der Waals surface area contributed by atoms with Gasteiger partial charge in [-0.05, 0) is 6.92 Å². The first-order valence-electron chi connectivity index (χ1n) is 8.53. The Bertz CT molecular complexity index is 827. The number of nitrogens with zero attached hydrogens (tertiary/aromatic N) is 1. The number of rotatable bonds is 6. The van der Waals surface area contributed by atoms with Gasteiger partial charge in [0.15, 0.2) is 5.78 Å². The smallest absolute Gasteiger partial charge is 0.320 e. The summed E-state index contributed by atoms with van der Waals surface area (Å²) in [5.74, 6) is -1.03. The zero-order valence-electron chi connectivity index (χ0n) is 15.7. The third-order valence-corrected chi connectivity index (χ3v) is 4.63. The lowest BCUT2D eigenvalue weighted by molar-refractivity contribution is -0.127. The van der Waals surface area contributed by atoms with Crippen LogP contribution in [0.15, 0.2) is 71.9 Å². The summed E-state index contributed by atoms with van der Waals surface area (Å²) >= 11 is 18.6. The SMILES string of the molecule is CC(=O)/C(C(=O)N(C)C)=C(\NB(c1ccccc1)c1ccccc1)C(Cl)(Cl)Cl. The molecule has 0 aliphatic carbocycles. The van der Waals surface area contributed by atoms with Crippen molar-refractivity contribution in [3.8, 4) is 0 Å². The topological polar surface area (TPSA) is 49.4 Å². The van der Waals surface area contributed by atoms with Crippen LogP contribution >= 0.6 is 34.8 Å². The van der Waals surface area contributed by atoms with Gasteiger partial charge in [0.2, 0.25) is 3.79 Å². The van der Waals surface area contributed by atoms with Crippen LogP contribution in [0, 0.1) is 0 Å². The Balaban J connectivity index is 2.67. The van der Waals surface area contributed by atoms with Gasteiger partial charge in [-0.15, -0.1) is 0 Å². The van der Waals surface area contributed by atoms with Crippen LogP contribution < -0.4 is 16.2 Å². The molecule has 0 fully saturated rings. The van der Waals surface area contributed by atoms with Crippen LogP contribution in [-0.2, 0) is 9.59 Å². The van der Waals surface area contributed by atoms with E-state index in [2.05, 4.69) is 5.23 Å². The minimum atomic E-state index is -2.01. The number of hydrogen-bond donors (Lipinski definition) is 1. The van der Waals surface area contributed by atoms with Gasteiger partial charge in [-0.2, -0.15) is 0 Å². The Kier molecular flexibility index (Phi) is 7.59. The van der Waals surface area contributed by atoms with Crippen LogP contribution in [0.5, 0.6) is 0 Å². The van der Waals surface area contributed by atoms with Gasteiger partial charge in [0.1, 0.15) is 5.57 Å². The molecule has 1 amide bonds. The van der Waals surface area contributed by atoms with Crippen molar-refractivity contribution in [3.05, 3.63) is 71.9 Å². The third-order valence-electron chi connectivity index (χ3n) is 4.06. The van der Waals surface area contributed by atoms with Gasteiger partial charge in [-0.1, -0.05) is 106 Å². The fourth-order valence-electron chi connectivity index (χ4n) is 2.75. The minimum Gasteiger partial charge on any atom is -0.419 e. The van der Waals surface area contributed by atoms with Crippen LogP contribution in [0.1, 0.15) is 6.92 Å². The van der Waals surface area contributed by atoms with E-state index in [-0.39, 0.29) is 11.3 Å². The van der Waals surface area contributed by atoms with E-state index in [1.165, 1.54) is 25.9 Å². The van der Waals surface area contributed by atoms with Gasteiger partial charge in [-0.3, -0.25) is 9.59 Å². The Morgan fingerprint density at radius 3 is 1.64 bits per heavy atom. The third kappa shape index (κ3) is 5.54. The number of likely N-dealkylation sites (N-methyl/N-ethyl adjacent to an activating group) is 1. The molecule has 0 unspecified atom stereocenters. The molecule has 2 rings (SSSR count). The quantitative estimate of drug-likeness (QED) is 0.249. The van der Waals surface area contributed by atoms with Gasteiger partial charge in [0.05, 0.1) is 5.70 Å². The number of carbonyl (C=O) groups is 2. The summed E-state index contributed by atoms with van der Waals surface area (Å²) in [6, 6.07) is 19.0. The molecule has 0 aliphatic heterocycles. The molecule has 146 valence electrons. The van der Waals surface area contributed by atoms with E-state index >= 15 is 0 Å². The number of amides is 1. The predicted octanol–water partition coefficient (Wildman–Crippen LogP) is 2.68. The lowest BCUT2D eigenvalue weighted by Crippen LogP contribution is -2.56. The lowest BCUT2D eigenvalue weighted by Gasteiger charge is -2.27. The van der Waals surface area contributed by atoms with Crippen molar-refractivity contribution in [1.29, 1.82) is 0 Å². The maximum atomic E-state index is 12.7. The summed E-state index contributed by atoms with van der Waals surface area (Å²) in [5, 5.41) is 3.16. The van der Waals surface area contributed by atoms with Gasteiger partial charge in [-0.25, -0.2) is 0 Å². The number of benzene rings is 2. The molecule has 0 heterocycles. The van der Waals surface area contributed by atoms with Crippen molar-refractivity contribution in [3.63, 3.8) is 0 Å². The summed E-state index contributed by atoms with van der Waals surface area (Å²) < 4.78 is -2.01. The van der Waals surface area contributed by atoms with Crippen LogP contribution in [-0.4, -0.2) is 41.3 Å². The van der Waals surface area contributed by atoms with E-state index in [1.807, 2.05) is 60.7 Å². The van der Waals surface area contributed by atoms with Crippen molar-refractivity contribution in [2.24, 2.45) is 0 Å². The fourth-order valence-corrected chi connectivity index (χ4v) is 3.19. The molecule has 0 spiro atoms. The molecular weight excluding hydrogens is 417 g/mol. The molecule has 0 aromatic heterocycles. The number of alkyl halides is 3. The van der Waals surface area contributed by atoms with Crippen molar-refractivity contribution in [2.45, 2.75) is 10.7 Å². The van der Waals surface area contributed by atoms with Crippen molar-refractivity contribution in [1.82, 2.24) is 10.1 Å². The van der Waals surface area contributed by atoms with Crippen LogP contribution in [0.4, 0.5) is 0 Å². The summed E-state index contributed by atoms with van der Waals surface area (Å²) in [4.78, 5) is 26.2. The van der Waals surface area contributed by atoms with Gasteiger partial charge in [0, 0.05) is 14.1 Å². The molecule has 2 aromatic carbocycles. The largest absolute Gasteiger partial charge is 0.419 e. The Morgan fingerprint density at radius 2 is 1.32 bits per heavy atom. The number of ketones is 1. The Labute approximate surface area is 180 Å². The maximum Gasteiger partial charge on any atom is 0.320 e. The van der Waals surface area contributed by atoms with Crippen molar-refractivity contribution < 1.29 is 9.59 Å².